The number of carbonyl (C=O) groups excluding carboxylic acids is 1. The Morgan fingerprint density at radius 1 is 1.25 bits per heavy atom. The van der Waals surface area contributed by atoms with Gasteiger partial charge in [0, 0.05) is 12.0 Å². The highest BCUT2D eigenvalue weighted by Crippen LogP contribution is 2.35. The molecule has 2 heterocycles. The third-order valence-corrected chi connectivity index (χ3v) is 5.22. The van der Waals surface area contributed by atoms with Crippen molar-refractivity contribution in [2.75, 3.05) is 26.2 Å². The van der Waals surface area contributed by atoms with Crippen LogP contribution in [0.2, 0.25) is 0 Å². The van der Waals surface area contributed by atoms with Crippen molar-refractivity contribution in [3.63, 3.8) is 0 Å². The second-order valence-corrected chi connectivity index (χ2v) is 6.95. The fourth-order valence-electron chi connectivity index (χ4n) is 3.65. The maximum atomic E-state index is 13.0. The van der Waals surface area contributed by atoms with Crippen molar-refractivity contribution in [2.45, 2.75) is 58.4 Å². The van der Waals surface area contributed by atoms with Crippen LogP contribution in [-0.4, -0.2) is 48.2 Å². The van der Waals surface area contributed by atoms with E-state index in [1.807, 2.05) is 4.90 Å². The summed E-state index contributed by atoms with van der Waals surface area (Å²) in [5, 5.41) is 13.0. The lowest BCUT2D eigenvalue weighted by Crippen LogP contribution is -2.52. The van der Waals surface area contributed by atoms with E-state index in [2.05, 4.69) is 19.2 Å². The number of hydrogen-bond acceptors (Lipinski definition) is 3. The summed E-state index contributed by atoms with van der Waals surface area (Å²) in [4.78, 5) is 15.0. The van der Waals surface area contributed by atoms with Crippen LogP contribution < -0.4 is 5.32 Å². The number of carbonyl (C=O) groups is 1. The number of amides is 1. The molecule has 0 aromatic carbocycles. The number of hydrogen-bond donors (Lipinski definition) is 2. The zero-order valence-corrected chi connectivity index (χ0v) is 13.0. The zero-order valence-electron chi connectivity index (χ0n) is 13.0. The molecule has 2 rings (SSSR count). The van der Waals surface area contributed by atoms with Crippen LogP contribution in [0, 0.1) is 11.3 Å². The molecular weight excluding hydrogens is 252 g/mol. The normalized spacial score (nSPS) is 29.1. The van der Waals surface area contributed by atoms with E-state index in [1.165, 1.54) is 6.42 Å². The van der Waals surface area contributed by atoms with Crippen molar-refractivity contribution in [2.24, 2.45) is 11.3 Å². The topological polar surface area (TPSA) is 52.6 Å². The highest BCUT2D eigenvalue weighted by Gasteiger charge is 2.41. The van der Waals surface area contributed by atoms with Gasteiger partial charge >= 0.3 is 0 Å². The average Bonchev–Trinajstić information content (AvgIpc) is 2.72. The predicted octanol–water partition coefficient (Wildman–Crippen LogP) is 1.78. The molecule has 2 aliphatic rings. The van der Waals surface area contributed by atoms with Crippen molar-refractivity contribution < 1.29 is 9.90 Å². The molecule has 2 fully saturated rings. The largest absolute Gasteiger partial charge is 0.394 e. The van der Waals surface area contributed by atoms with E-state index in [1.54, 1.807) is 0 Å². The third kappa shape index (κ3) is 3.34. The molecule has 2 saturated heterocycles. The molecule has 0 bridgehead atoms. The lowest BCUT2D eigenvalue weighted by Gasteiger charge is -2.41. The summed E-state index contributed by atoms with van der Waals surface area (Å²) in [7, 11) is 0. The fourth-order valence-corrected chi connectivity index (χ4v) is 3.65. The first kappa shape index (κ1) is 15.8. The summed E-state index contributed by atoms with van der Waals surface area (Å²) in [6.45, 7) is 7.11. The molecule has 2 unspecified atom stereocenters. The van der Waals surface area contributed by atoms with Gasteiger partial charge in [0.15, 0.2) is 0 Å². The Labute approximate surface area is 122 Å². The molecule has 2 atom stereocenters. The zero-order chi connectivity index (χ0) is 14.6. The van der Waals surface area contributed by atoms with Crippen molar-refractivity contribution >= 4 is 5.91 Å². The number of rotatable bonds is 3. The van der Waals surface area contributed by atoms with Crippen molar-refractivity contribution in [3.05, 3.63) is 0 Å². The number of aliphatic hydroxyl groups is 1. The molecule has 116 valence electrons. The first-order valence-electron chi connectivity index (χ1n) is 8.20. The van der Waals surface area contributed by atoms with Gasteiger partial charge < -0.3 is 15.3 Å². The highest BCUT2D eigenvalue weighted by molar-refractivity contribution is 5.82. The molecule has 0 aromatic heterocycles. The molecule has 20 heavy (non-hydrogen) atoms. The summed E-state index contributed by atoms with van der Waals surface area (Å²) in [5.74, 6) is 0.651. The van der Waals surface area contributed by atoms with Gasteiger partial charge in [-0.25, -0.2) is 0 Å². The van der Waals surface area contributed by atoms with E-state index in [-0.39, 0.29) is 24.0 Å². The van der Waals surface area contributed by atoms with Crippen LogP contribution in [0.4, 0.5) is 0 Å². The number of piperidine rings is 1. The van der Waals surface area contributed by atoms with Crippen molar-refractivity contribution in [1.29, 1.82) is 0 Å². The van der Waals surface area contributed by atoms with Crippen molar-refractivity contribution in [1.82, 2.24) is 10.2 Å². The summed E-state index contributed by atoms with van der Waals surface area (Å²) >= 11 is 0. The number of aliphatic hydroxyl groups excluding tert-OH is 1. The summed E-state index contributed by atoms with van der Waals surface area (Å²) < 4.78 is 0. The van der Waals surface area contributed by atoms with Crippen LogP contribution in [0.3, 0.4) is 0 Å². The Morgan fingerprint density at radius 3 is 2.70 bits per heavy atom. The highest BCUT2D eigenvalue weighted by atomic mass is 16.3. The molecule has 1 amide bonds. The smallest absolute Gasteiger partial charge is 0.228 e. The van der Waals surface area contributed by atoms with Gasteiger partial charge in [0.05, 0.1) is 12.6 Å². The SMILES string of the molecule is CC(C)(C(=O)N1CCCCCC1CO)C1CCCNC1. The van der Waals surface area contributed by atoms with Gasteiger partial charge in [-0.15, -0.1) is 0 Å². The molecule has 2 aliphatic heterocycles. The molecule has 0 radical (unpaired) electrons. The Balaban J connectivity index is 2.09. The second-order valence-electron chi connectivity index (χ2n) is 6.95. The van der Waals surface area contributed by atoms with Gasteiger partial charge in [0.2, 0.25) is 5.91 Å². The van der Waals surface area contributed by atoms with Gasteiger partial charge in [-0.05, 0) is 44.7 Å². The molecular formula is C16H30N2O2. The van der Waals surface area contributed by atoms with E-state index in [0.29, 0.717) is 5.92 Å². The van der Waals surface area contributed by atoms with Gasteiger partial charge in [-0.2, -0.15) is 0 Å². The predicted molar refractivity (Wildman–Crippen MR) is 80.4 cm³/mol. The molecule has 2 N–H and O–H groups in total. The van der Waals surface area contributed by atoms with Crippen LogP contribution in [0.1, 0.15) is 52.4 Å². The van der Waals surface area contributed by atoms with Crippen LogP contribution in [-0.2, 0) is 4.79 Å². The summed E-state index contributed by atoms with van der Waals surface area (Å²) in [6, 6.07) is 0.0285. The van der Waals surface area contributed by atoms with Gasteiger partial charge in [-0.1, -0.05) is 26.7 Å². The number of likely N-dealkylation sites (tertiary alicyclic amines) is 1. The van der Waals surface area contributed by atoms with Crippen LogP contribution in [0.15, 0.2) is 0 Å². The molecule has 0 spiro atoms. The van der Waals surface area contributed by atoms with E-state index >= 15 is 0 Å². The van der Waals surface area contributed by atoms with Crippen molar-refractivity contribution in [3.8, 4) is 0 Å². The maximum Gasteiger partial charge on any atom is 0.228 e. The minimum atomic E-state index is -0.328. The Bertz CT molecular complexity index is 324. The summed E-state index contributed by atoms with van der Waals surface area (Å²) in [6.07, 6.45) is 6.60. The number of nitrogens with zero attached hydrogens (tertiary/aromatic N) is 1. The van der Waals surface area contributed by atoms with Crippen LogP contribution in [0.25, 0.3) is 0 Å². The van der Waals surface area contributed by atoms with Gasteiger partial charge in [-0.3, -0.25) is 4.79 Å². The Hall–Kier alpha value is -0.610. The monoisotopic (exact) mass is 282 g/mol. The van der Waals surface area contributed by atoms with E-state index in [9.17, 15) is 9.90 Å². The third-order valence-electron chi connectivity index (χ3n) is 5.22. The Morgan fingerprint density at radius 2 is 2.05 bits per heavy atom. The number of nitrogens with one attached hydrogen (secondary N) is 1. The molecule has 0 saturated carbocycles. The molecule has 4 heteroatoms. The van der Waals surface area contributed by atoms with E-state index in [4.69, 9.17) is 0 Å². The first-order chi connectivity index (χ1) is 9.57. The quantitative estimate of drug-likeness (QED) is 0.829. The maximum absolute atomic E-state index is 13.0. The van der Waals surface area contributed by atoms with Crippen LogP contribution >= 0.6 is 0 Å². The standard InChI is InChI=1S/C16H30N2O2/c1-16(2,13-7-6-9-17-11-13)15(20)18-10-5-3-4-8-14(18)12-19/h13-14,17,19H,3-12H2,1-2H3. The summed E-state index contributed by atoms with van der Waals surface area (Å²) in [5.41, 5.74) is -0.328. The van der Waals surface area contributed by atoms with Gasteiger partial charge in [0.1, 0.15) is 0 Å². The van der Waals surface area contributed by atoms with Gasteiger partial charge in [0.25, 0.3) is 0 Å². The fraction of sp³-hybridized carbons (Fsp3) is 0.938. The molecule has 4 nitrogen and oxygen atoms in total. The lowest BCUT2D eigenvalue weighted by atomic mass is 9.73. The second kappa shape index (κ2) is 6.90. The minimum Gasteiger partial charge on any atom is -0.394 e. The van der Waals surface area contributed by atoms with Crippen LogP contribution in [0.5, 0.6) is 0 Å². The Kier molecular flexibility index (Phi) is 5.44. The van der Waals surface area contributed by atoms with E-state index < -0.39 is 0 Å². The van der Waals surface area contributed by atoms with E-state index in [0.717, 1.165) is 51.7 Å². The molecule has 0 aliphatic carbocycles. The lowest BCUT2D eigenvalue weighted by molar-refractivity contribution is -0.147. The average molecular weight is 282 g/mol. The molecule has 0 aromatic rings. The minimum absolute atomic E-state index is 0.0285. The first-order valence-corrected chi connectivity index (χ1v) is 8.20.